The lowest BCUT2D eigenvalue weighted by molar-refractivity contribution is -0.301. The van der Waals surface area contributed by atoms with Crippen molar-refractivity contribution in [2.45, 2.75) is 37.1 Å². The highest BCUT2D eigenvalue weighted by Gasteiger charge is 2.44. The number of carbonyl (C=O) groups excluding carboxylic acids is 1. The smallest absolute Gasteiger partial charge is 0.330 e. The normalized spacial score (nSPS) is 24.8. The van der Waals surface area contributed by atoms with Crippen LogP contribution >= 0.6 is 0 Å². The van der Waals surface area contributed by atoms with Gasteiger partial charge >= 0.3 is 5.97 Å². The predicted molar refractivity (Wildman–Crippen MR) is 119 cm³/mol. The Bertz CT molecular complexity index is 974. The molecule has 2 aromatic rings. The molecule has 0 aromatic heterocycles. The van der Waals surface area contributed by atoms with E-state index in [4.69, 9.17) is 18.9 Å². The molecule has 184 valence electrons. The first-order valence-corrected chi connectivity index (χ1v) is 10.6. The topological polar surface area (TPSA) is 155 Å². The first-order chi connectivity index (χ1) is 16.3. The quantitative estimate of drug-likeness (QED) is 0.258. The van der Waals surface area contributed by atoms with Crippen LogP contribution in [0.3, 0.4) is 0 Å². The Balaban J connectivity index is 1.51. The summed E-state index contributed by atoms with van der Waals surface area (Å²) in [4.78, 5) is 12.1. The Kier molecular flexibility index (Phi) is 8.85. The Morgan fingerprint density at radius 2 is 1.76 bits per heavy atom. The second-order valence-electron chi connectivity index (χ2n) is 7.70. The summed E-state index contributed by atoms with van der Waals surface area (Å²) in [6.45, 7) is -0.245. The van der Waals surface area contributed by atoms with Crippen molar-refractivity contribution in [3.63, 3.8) is 0 Å². The van der Waals surface area contributed by atoms with Gasteiger partial charge in [0.1, 0.15) is 36.8 Å². The van der Waals surface area contributed by atoms with E-state index in [0.717, 1.165) is 11.6 Å². The van der Waals surface area contributed by atoms with Gasteiger partial charge in [0.15, 0.2) is 17.8 Å². The van der Waals surface area contributed by atoms with E-state index in [-0.39, 0.29) is 30.5 Å². The maximum absolute atomic E-state index is 12.1. The molecule has 0 bridgehead atoms. The van der Waals surface area contributed by atoms with Crippen molar-refractivity contribution >= 4 is 12.0 Å². The van der Waals surface area contributed by atoms with Gasteiger partial charge < -0.3 is 44.5 Å². The number of aromatic hydroxyl groups is 2. The fourth-order valence-electron chi connectivity index (χ4n) is 3.32. The molecule has 1 aliphatic rings. The fraction of sp³-hybridized carbons (Fsp3) is 0.375. The minimum absolute atomic E-state index is 0.0359. The zero-order chi connectivity index (χ0) is 24.7. The molecular weight excluding hydrogens is 448 g/mol. The molecule has 3 rings (SSSR count). The molecule has 1 heterocycles. The molecule has 1 saturated heterocycles. The van der Waals surface area contributed by atoms with Crippen molar-refractivity contribution in [2.24, 2.45) is 0 Å². The number of esters is 1. The third-order valence-corrected chi connectivity index (χ3v) is 5.28. The number of aliphatic hydroxyl groups excluding tert-OH is 3. The molecular formula is C24H28O10. The summed E-state index contributed by atoms with van der Waals surface area (Å²) in [6, 6.07) is 11.1. The van der Waals surface area contributed by atoms with Crippen LogP contribution in [0.1, 0.15) is 11.1 Å². The van der Waals surface area contributed by atoms with Gasteiger partial charge in [0.05, 0.1) is 13.7 Å². The van der Waals surface area contributed by atoms with Gasteiger partial charge in [0.25, 0.3) is 0 Å². The molecule has 5 N–H and O–H groups in total. The second-order valence-corrected chi connectivity index (χ2v) is 7.70. The number of benzene rings is 2. The standard InChI is InChI=1S/C24H28O10/c1-31-18-12-15(4-8-17(18)26)5-9-20(27)33-13-19-21(28)22(29)23(30)24(34-19)32-11-10-14-2-6-16(25)7-3-14/h2-9,12,19,21-26,28-30H,10-11,13H2,1H3/t19-,21-,22+,23-,24-/m1/s1. The number of aliphatic hydroxyl groups is 3. The molecule has 0 radical (unpaired) electrons. The van der Waals surface area contributed by atoms with Crippen molar-refractivity contribution in [3.8, 4) is 17.2 Å². The molecule has 10 heteroatoms. The fourth-order valence-corrected chi connectivity index (χ4v) is 3.32. The number of carbonyl (C=O) groups is 1. The van der Waals surface area contributed by atoms with Crippen LogP contribution in [0.5, 0.6) is 17.2 Å². The van der Waals surface area contributed by atoms with E-state index in [1.165, 1.54) is 25.3 Å². The maximum Gasteiger partial charge on any atom is 0.330 e. The lowest BCUT2D eigenvalue weighted by atomic mass is 9.99. The van der Waals surface area contributed by atoms with E-state index in [1.54, 1.807) is 30.3 Å². The minimum Gasteiger partial charge on any atom is -0.508 e. The lowest BCUT2D eigenvalue weighted by Gasteiger charge is -2.39. The summed E-state index contributed by atoms with van der Waals surface area (Å²) in [7, 11) is 1.40. The SMILES string of the molecule is COc1cc(C=CC(=O)OC[C@H]2O[C@@H](OCCc3ccc(O)cc3)[C@H](O)[C@@H](O)[C@@H]2O)ccc1O. The lowest BCUT2D eigenvalue weighted by Crippen LogP contribution is -2.59. The number of hydrogen-bond acceptors (Lipinski definition) is 10. The second kappa shape index (κ2) is 11.8. The van der Waals surface area contributed by atoms with Crippen LogP contribution in [-0.2, 0) is 25.4 Å². The Hall–Kier alpha value is -3.15. The summed E-state index contributed by atoms with van der Waals surface area (Å²) in [5.41, 5.74) is 1.47. The summed E-state index contributed by atoms with van der Waals surface area (Å²) in [6.07, 6.45) is -3.85. The van der Waals surface area contributed by atoms with Crippen molar-refractivity contribution < 1.29 is 49.3 Å². The minimum atomic E-state index is -1.56. The Morgan fingerprint density at radius 1 is 1.03 bits per heavy atom. The number of phenols is 2. The van der Waals surface area contributed by atoms with E-state index in [9.17, 15) is 30.3 Å². The van der Waals surface area contributed by atoms with Crippen LogP contribution in [0.4, 0.5) is 0 Å². The average Bonchev–Trinajstić information content (AvgIpc) is 2.84. The van der Waals surface area contributed by atoms with Crippen molar-refractivity contribution in [1.82, 2.24) is 0 Å². The number of phenolic OH excluding ortho intramolecular Hbond substituents is 2. The largest absolute Gasteiger partial charge is 0.508 e. The number of rotatable bonds is 9. The van der Waals surface area contributed by atoms with Crippen molar-refractivity contribution in [2.75, 3.05) is 20.3 Å². The van der Waals surface area contributed by atoms with E-state index < -0.39 is 36.7 Å². The molecule has 2 aromatic carbocycles. The molecule has 0 aliphatic carbocycles. The molecule has 0 unspecified atom stereocenters. The van der Waals surface area contributed by atoms with Crippen molar-refractivity contribution in [1.29, 1.82) is 0 Å². The number of hydrogen-bond donors (Lipinski definition) is 5. The van der Waals surface area contributed by atoms with Crippen LogP contribution in [0.25, 0.3) is 6.08 Å². The number of methoxy groups -OCH3 is 1. The van der Waals surface area contributed by atoms with Crippen LogP contribution in [0.2, 0.25) is 0 Å². The summed E-state index contributed by atoms with van der Waals surface area (Å²) in [5.74, 6) is -0.374. The molecule has 5 atom stereocenters. The molecule has 10 nitrogen and oxygen atoms in total. The summed E-state index contributed by atoms with van der Waals surface area (Å²) < 4.78 is 21.2. The first kappa shape index (κ1) is 25.5. The third-order valence-electron chi connectivity index (χ3n) is 5.28. The van der Waals surface area contributed by atoms with Gasteiger partial charge in [-0.25, -0.2) is 4.79 Å². The number of ether oxygens (including phenoxy) is 4. The van der Waals surface area contributed by atoms with Gasteiger partial charge in [-0.2, -0.15) is 0 Å². The van der Waals surface area contributed by atoms with Crippen LogP contribution < -0.4 is 4.74 Å². The summed E-state index contributed by atoms with van der Waals surface area (Å²) >= 11 is 0. The van der Waals surface area contributed by atoms with E-state index in [0.29, 0.717) is 12.0 Å². The monoisotopic (exact) mass is 476 g/mol. The van der Waals surface area contributed by atoms with Crippen molar-refractivity contribution in [3.05, 3.63) is 59.7 Å². The zero-order valence-corrected chi connectivity index (χ0v) is 18.5. The molecule has 34 heavy (non-hydrogen) atoms. The maximum atomic E-state index is 12.1. The highest BCUT2D eigenvalue weighted by atomic mass is 16.7. The molecule has 1 fully saturated rings. The van der Waals surface area contributed by atoms with Crippen LogP contribution in [0.15, 0.2) is 48.5 Å². The van der Waals surface area contributed by atoms with Crippen LogP contribution in [-0.4, -0.2) is 82.5 Å². The van der Waals surface area contributed by atoms with Crippen LogP contribution in [0, 0.1) is 0 Å². The highest BCUT2D eigenvalue weighted by molar-refractivity contribution is 5.87. The third kappa shape index (κ3) is 6.69. The van der Waals surface area contributed by atoms with E-state index in [2.05, 4.69) is 0 Å². The highest BCUT2D eigenvalue weighted by Crippen LogP contribution is 2.27. The van der Waals surface area contributed by atoms with Gasteiger partial charge in [-0.1, -0.05) is 18.2 Å². The van der Waals surface area contributed by atoms with E-state index in [1.807, 2.05) is 0 Å². The molecule has 0 saturated carbocycles. The van der Waals surface area contributed by atoms with Gasteiger partial charge in [0, 0.05) is 6.08 Å². The van der Waals surface area contributed by atoms with Gasteiger partial charge in [-0.15, -0.1) is 0 Å². The Labute approximate surface area is 196 Å². The summed E-state index contributed by atoms with van der Waals surface area (Å²) in [5, 5.41) is 49.5. The van der Waals surface area contributed by atoms with Gasteiger partial charge in [-0.05, 0) is 47.9 Å². The first-order valence-electron chi connectivity index (χ1n) is 10.6. The van der Waals surface area contributed by atoms with Gasteiger partial charge in [0.2, 0.25) is 0 Å². The molecule has 0 spiro atoms. The van der Waals surface area contributed by atoms with Gasteiger partial charge in [-0.3, -0.25) is 0 Å². The Morgan fingerprint density at radius 3 is 2.47 bits per heavy atom. The predicted octanol–water partition coefficient (Wildman–Crippen LogP) is 0.730. The zero-order valence-electron chi connectivity index (χ0n) is 18.5. The van der Waals surface area contributed by atoms with E-state index >= 15 is 0 Å². The molecule has 1 aliphatic heterocycles. The molecule has 0 amide bonds. The average molecular weight is 476 g/mol.